The zero-order valence-electron chi connectivity index (χ0n) is 9.55. The Bertz CT molecular complexity index is 579. The molecular weight excluding hydrogens is 252 g/mol. The van der Waals surface area contributed by atoms with Gasteiger partial charge >= 0.3 is 5.97 Å². The molecule has 0 aliphatic heterocycles. The lowest BCUT2D eigenvalue weighted by atomic mass is 10.2. The average Bonchev–Trinajstić information content (AvgIpc) is 2.81. The maximum Gasteiger partial charge on any atom is 0.303 e. The fourth-order valence-corrected chi connectivity index (χ4v) is 2.26. The zero-order chi connectivity index (χ0) is 13.0. The Balaban J connectivity index is 1.93. The molecule has 0 unspecified atom stereocenters. The topological polar surface area (TPSA) is 79.3 Å². The van der Waals surface area contributed by atoms with Crippen molar-refractivity contribution in [3.05, 3.63) is 29.3 Å². The summed E-state index contributed by atoms with van der Waals surface area (Å²) in [6, 6.07) is 5.31. The van der Waals surface area contributed by atoms with E-state index in [2.05, 4.69) is 10.3 Å². The van der Waals surface area contributed by atoms with Crippen molar-refractivity contribution < 1.29 is 14.7 Å². The predicted molar refractivity (Wildman–Crippen MR) is 68.8 cm³/mol. The number of rotatable bonds is 5. The maximum absolute atomic E-state index is 11.8. The third kappa shape index (κ3) is 3.04. The predicted octanol–water partition coefficient (Wildman–Crippen LogP) is 1.89. The van der Waals surface area contributed by atoms with Crippen molar-refractivity contribution in [3.8, 4) is 0 Å². The molecule has 0 atom stereocenters. The number of aliphatic carboxylic acids is 1. The summed E-state index contributed by atoms with van der Waals surface area (Å²) in [5.41, 5.74) is 3.18. The van der Waals surface area contributed by atoms with Gasteiger partial charge in [-0.2, -0.15) is 0 Å². The molecule has 2 aromatic rings. The number of benzene rings is 1. The second-order valence-electron chi connectivity index (χ2n) is 3.79. The molecule has 2 rings (SSSR count). The third-order valence-electron chi connectivity index (χ3n) is 2.45. The Kier molecular flexibility index (Phi) is 3.88. The number of hydrogen-bond donors (Lipinski definition) is 2. The van der Waals surface area contributed by atoms with Gasteiger partial charge in [-0.15, -0.1) is 11.3 Å². The SMILES string of the molecule is O=C(O)CCCNC(=O)c1ccc2ncsc2c1. The van der Waals surface area contributed by atoms with E-state index in [0.717, 1.165) is 10.2 Å². The van der Waals surface area contributed by atoms with E-state index in [9.17, 15) is 9.59 Å². The van der Waals surface area contributed by atoms with Crippen LogP contribution < -0.4 is 5.32 Å². The van der Waals surface area contributed by atoms with Crippen LogP contribution >= 0.6 is 11.3 Å². The Labute approximate surface area is 107 Å². The fourth-order valence-electron chi connectivity index (χ4n) is 1.54. The first kappa shape index (κ1) is 12.5. The molecule has 0 aliphatic rings. The minimum atomic E-state index is -0.852. The molecule has 94 valence electrons. The highest BCUT2D eigenvalue weighted by atomic mass is 32.1. The van der Waals surface area contributed by atoms with Crippen LogP contribution in [0.5, 0.6) is 0 Å². The van der Waals surface area contributed by atoms with Crippen molar-refractivity contribution in [2.75, 3.05) is 6.54 Å². The highest BCUT2D eigenvalue weighted by Gasteiger charge is 2.07. The number of nitrogens with one attached hydrogen (secondary N) is 1. The first-order valence-electron chi connectivity index (χ1n) is 5.50. The number of amides is 1. The number of carbonyl (C=O) groups excluding carboxylic acids is 1. The number of carboxylic acid groups (broad SMARTS) is 1. The summed E-state index contributed by atoms with van der Waals surface area (Å²) in [6.45, 7) is 0.367. The van der Waals surface area contributed by atoms with E-state index in [1.165, 1.54) is 11.3 Å². The van der Waals surface area contributed by atoms with Crippen LogP contribution in [0, 0.1) is 0 Å². The van der Waals surface area contributed by atoms with Gasteiger partial charge in [-0.3, -0.25) is 9.59 Å². The lowest BCUT2D eigenvalue weighted by molar-refractivity contribution is -0.137. The summed E-state index contributed by atoms with van der Waals surface area (Å²) in [7, 11) is 0. The number of carboxylic acids is 1. The van der Waals surface area contributed by atoms with Crippen molar-refractivity contribution in [3.63, 3.8) is 0 Å². The second kappa shape index (κ2) is 5.59. The lowest BCUT2D eigenvalue weighted by Gasteiger charge is -2.04. The summed E-state index contributed by atoms with van der Waals surface area (Å²) in [4.78, 5) is 26.2. The van der Waals surface area contributed by atoms with Crippen molar-refractivity contribution >= 4 is 33.4 Å². The van der Waals surface area contributed by atoms with Crippen LogP contribution in [0.2, 0.25) is 0 Å². The second-order valence-corrected chi connectivity index (χ2v) is 4.67. The number of carbonyl (C=O) groups is 2. The first-order valence-corrected chi connectivity index (χ1v) is 6.38. The minimum Gasteiger partial charge on any atom is -0.481 e. The Morgan fingerprint density at radius 2 is 2.22 bits per heavy atom. The van der Waals surface area contributed by atoms with E-state index < -0.39 is 5.97 Å². The molecule has 18 heavy (non-hydrogen) atoms. The van der Waals surface area contributed by atoms with Crippen molar-refractivity contribution in [2.24, 2.45) is 0 Å². The quantitative estimate of drug-likeness (QED) is 0.808. The lowest BCUT2D eigenvalue weighted by Crippen LogP contribution is -2.24. The smallest absolute Gasteiger partial charge is 0.303 e. The maximum atomic E-state index is 11.8. The minimum absolute atomic E-state index is 0.0637. The number of fused-ring (bicyclic) bond motifs is 1. The van der Waals surface area contributed by atoms with Gasteiger partial charge in [-0.05, 0) is 24.6 Å². The molecule has 6 heteroatoms. The van der Waals surface area contributed by atoms with E-state index in [0.29, 0.717) is 18.5 Å². The summed E-state index contributed by atoms with van der Waals surface area (Å²) in [5.74, 6) is -1.04. The first-order chi connectivity index (χ1) is 8.66. The molecule has 1 aromatic carbocycles. The number of aromatic nitrogens is 1. The largest absolute Gasteiger partial charge is 0.481 e. The molecule has 2 N–H and O–H groups in total. The van der Waals surface area contributed by atoms with E-state index in [4.69, 9.17) is 5.11 Å². The van der Waals surface area contributed by atoms with Gasteiger partial charge in [0.1, 0.15) is 0 Å². The van der Waals surface area contributed by atoms with Gasteiger partial charge in [0.25, 0.3) is 5.91 Å². The van der Waals surface area contributed by atoms with Crippen molar-refractivity contribution in [2.45, 2.75) is 12.8 Å². The van der Waals surface area contributed by atoms with Gasteiger partial charge in [0.15, 0.2) is 0 Å². The van der Waals surface area contributed by atoms with Gasteiger partial charge in [0, 0.05) is 18.5 Å². The van der Waals surface area contributed by atoms with Crippen LogP contribution in [0.25, 0.3) is 10.2 Å². The molecular formula is C12H12N2O3S. The van der Waals surface area contributed by atoms with Crippen LogP contribution in [-0.4, -0.2) is 28.5 Å². The summed E-state index contributed by atoms with van der Waals surface area (Å²) < 4.78 is 0.966. The molecule has 0 saturated carbocycles. The third-order valence-corrected chi connectivity index (χ3v) is 3.24. The van der Waals surface area contributed by atoms with E-state index >= 15 is 0 Å². The Morgan fingerprint density at radius 3 is 3.00 bits per heavy atom. The monoisotopic (exact) mass is 264 g/mol. The van der Waals surface area contributed by atoms with Crippen LogP contribution in [0.4, 0.5) is 0 Å². The zero-order valence-corrected chi connectivity index (χ0v) is 10.4. The molecule has 0 fully saturated rings. The molecule has 1 heterocycles. The van der Waals surface area contributed by atoms with Gasteiger partial charge in [0.2, 0.25) is 0 Å². The molecule has 1 aromatic heterocycles. The average molecular weight is 264 g/mol. The van der Waals surface area contributed by atoms with Crippen LogP contribution in [0.1, 0.15) is 23.2 Å². The van der Waals surface area contributed by atoms with Crippen LogP contribution in [-0.2, 0) is 4.79 Å². The number of hydrogen-bond acceptors (Lipinski definition) is 4. The van der Waals surface area contributed by atoms with Gasteiger partial charge in [-0.1, -0.05) is 0 Å². The van der Waals surface area contributed by atoms with Crippen molar-refractivity contribution in [1.82, 2.24) is 10.3 Å². The van der Waals surface area contributed by atoms with Gasteiger partial charge < -0.3 is 10.4 Å². The molecule has 0 bridgehead atoms. The van der Waals surface area contributed by atoms with Crippen molar-refractivity contribution in [1.29, 1.82) is 0 Å². The van der Waals surface area contributed by atoms with E-state index in [-0.39, 0.29) is 12.3 Å². The molecule has 0 saturated heterocycles. The molecule has 1 amide bonds. The molecule has 5 nitrogen and oxygen atoms in total. The summed E-state index contributed by atoms with van der Waals surface area (Å²) in [6.07, 6.45) is 0.498. The Morgan fingerprint density at radius 1 is 1.39 bits per heavy atom. The molecule has 0 spiro atoms. The van der Waals surface area contributed by atoms with Gasteiger partial charge in [0.05, 0.1) is 15.7 Å². The summed E-state index contributed by atoms with van der Waals surface area (Å²) in [5, 5.41) is 11.2. The summed E-state index contributed by atoms with van der Waals surface area (Å²) >= 11 is 1.48. The highest BCUT2D eigenvalue weighted by Crippen LogP contribution is 2.18. The normalized spacial score (nSPS) is 10.4. The van der Waals surface area contributed by atoms with Gasteiger partial charge in [-0.25, -0.2) is 4.98 Å². The highest BCUT2D eigenvalue weighted by molar-refractivity contribution is 7.16. The fraction of sp³-hybridized carbons (Fsp3) is 0.250. The number of thiazole rings is 1. The molecule has 0 aliphatic carbocycles. The standard InChI is InChI=1S/C12H12N2O3S/c15-11(16)2-1-5-13-12(17)8-3-4-9-10(6-8)18-7-14-9/h3-4,6-7H,1-2,5H2,(H,13,17)(H,15,16). The van der Waals surface area contributed by atoms with Crippen LogP contribution in [0.3, 0.4) is 0 Å². The molecule has 0 radical (unpaired) electrons. The van der Waals surface area contributed by atoms with E-state index in [1.54, 1.807) is 23.7 Å². The van der Waals surface area contributed by atoms with E-state index in [1.807, 2.05) is 0 Å². The number of nitrogens with zero attached hydrogens (tertiary/aromatic N) is 1. The van der Waals surface area contributed by atoms with Crippen LogP contribution in [0.15, 0.2) is 23.7 Å². The Hall–Kier alpha value is -1.95.